The molecule has 2 aliphatic rings. The summed E-state index contributed by atoms with van der Waals surface area (Å²) in [5.74, 6) is -6.43. The van der Waals surface area contributed by atoms with Crippen LogP contribution in [0.4, 0.5) is 18.9 Å². The van der Waals surface area contributed by atoms with Crippen LogP contribution >= 0.6 is 11.8 Å². The lowest BCUT2D eigenvalue weighted by Gasteiger charge is -2.46. The molecule has 0 spiro atoms. The van der Waals surface area contributed by atoms with Crippen molar-refractivity contribution in [3.8, 4) is 22.5 Å². The van der Waals surface area contributed by atoms with Crippen LogP contribution in [0.2, 0.25) is 0 Å². The van der Waals surface area contributed by atoms with E-state index in [0.29, 0.717) is 11.4 Å². The van der Waals surface area contributed by atoms with Crippen molar-refractivity contribution < 1.29 is 56.0 Å². The SMILES string of the molecule is CO[C@@H]1[C@@H](n2cc(-c3cc(F)c(F)c(F)c3)nn2)[C@@H](OC(C)=O)[C@@H](COC(C)=O)O[C@H]1S[C@@H]1COC[C@H](n2cc(-c3cccc(N)c3)nn2)[C@H]1OC(C)=O. The minimum atomic E-state index is -1.65. The maximum absolute atomic E-state index is 14.2. The van der Waals surface area contributed by atoms with E-state index in [1.165, 1.54) is 50.5 Å². The van der Waals surface area contributed by atoms with Crippen molar-refractivity contribution >= 4 is 35.4 Å². The standard InChI is InChI=1S/C34H36F3N7O9S/c1-16(45)50-14-27-32(52-18(3)47)30(44-12-25(40-42-44)20-9-22(35)29(37)23(36)10-20)33(48-4)34(53-27)54-28-15-49-13-26(31(28)51-17(2)46)43-11-24(39-41-43)19-6-5-7-21(38)8-19/h5-12,26-28,30-34H,13-15,38H2,1-4H3/t26-,27+,28+,30-,31+,32-,33+,34-/m0/s1. The topological polar surface area (TPSA) is 194 Å². The van der Waals surface area contributed by atoms with Gasteiger partial charge in [-0.2, -0.15) is 0 Å². The number of anilines is 1. The summed E-state index contributed by atoms with van der Waals surface area (Å²) in [5, 5.41) is 16.2. The van der Waals surface area contributed by atoms with Crippen molar-refractivity contribution in [3.63, 3.8) is 0 Å². The molecule has 288 valence electrons. The van der Waals surface area contributed by atoms with Crippen molar-refractivity contribution in [1.29, 1.82) is 0 Å². The van der Waals surface area contributed by atoms with Gasteiger partial charge in [0.1, 0.15) is 53.8 Å². The normalized spacial score (nSPS) is 25.5. The summed E-state index contributed by atoms with van der Waals surface area (Å²) in [6.07, 6.45) is -1.15. The average molecular weight is 776 g/mol. The van der Waals surface area contributed by atoms with E-state index in [9.17, 15) is 27.6 Å². The lowest BCUT2D eigenvalue weighted by Crippen LogP contribution is -2.58. The molecule has 20 heteroatoms. The van der Waals surface area contributed by atoms with E-state index in [-0.39, 0.29) is 31.1 Å². The smallest absolute Gasteiger partial charge is 0.303 e. The van der Waals surface area contributed by atoms with Crippen molar-refractivity contribution in [2.45, 2.75) is 68.0 Å². The van der Waals surface area contributed by atoms with Gasteiger partial charge in [0.25, 0.3) is 0 Å². The van der Waals surface area contributed by atoms with Crippen LogP contribution in [0.1, 0.15) is 32.9 Å². The number of aromatic nitrogens is 6. The van der Waals surface area contributed by atoms with E-state index in [0.717, 1.165) is 17.7 Å². The lowest BCUT2D eigenvalue weighted by molar-refractivity contribution is -0.208. The number of ether oxygens (including phenoxy) is 6. The molecule has 0 aliphatic carbocycles. The van der Waals surface area contributed by atoms with Gasteiger partial charge in [-0.05, 0) is 24.3 Å². The summed E-state index contributed by atoms with van der Waals surface area (Å²) < 4.78 is 80.2. The molecule has 4 aromatic rings. The Morgan fingerprint density at radius 3 is 2.17 bits per heavy atom. The molecule has 2 fully saturated rings. The molecule has 0 bridgehead atoms. The largest absolute Gasteiger partial charge is 0.463 e. The molecule has 54 heavy (non-hydrogen) atoms. The summed E-state index contributed by atoms with van der Waals surface area (Å²) in [6.45, 7) is 3.49. The maximum atomic E-state index is 14.2. The van der Waals surface area contributed by atoms with Gasteiger partial charge in [-0.15, -0.1) is 22.0 Å². The van der Waals surface area contributed by atoms with E-state index < -0.39 is 82.5 Å². The number of carbonyl (C=O) groups excluding carboxylic acids is 3. The Balaban J connectivity index is 1.35. The third kappa shape index (κ3) is 8.51. The van der Waals surface area contributed by atoms with E-state index >= 15 is 0 Å². The highest BCUT2D eigenvalue weighted by molar-refractivity contribution is 8.00. The van der Waals surface area contributed by atoms with Gasteiger partial charge in [0.2, 0.25) is 0 Å². The van der Waals surface area contributed by atoms with E-state index in [1.807, 2.05) is 6.07 Å². The number of thioether (sulfide) groups is 1. The highest BCUT2D eigenvalue weighted by atomic mass is 32.2. The molecule has 0 saturated carbocycles. The number of hydrogen-bond donors (Lipinski definition) is 1. The first kappa shape index (κ1) is 38.7. The van der Waals surface area contributed by atoms with Crippen molar-refractivity contribution in [1.82, 2.24) is 30.0 Å². The Kier molecular flexibility index (Phi) is 11.8. The van der Waals surface area contributed by atoms with Crippen LogP contribution in [-0.2, 0) is 42.8 Å². The summed E-state index contributed by atoms with van der Waals surface area (Å²) >= 11 is 1.18. The average Bonchev–Trinajstić information content (AvgIpc) is 3.81. The maximum Gasteiger partial charge on any atom is 0.303 e. The third-order valence-corrected chi connectivity index (χ3v) is 10.1. The number of benzene rings is 2. The van der Waals surface area contributed by atoms with Gasteiger partial charge in [-0.25, -0.2) is 22.5 Å². The van der Waals surface area contributed by atoms with Crippen LogP contribution in [0.3, 0.4) is 0 Å². The molecule has 8 atom stereocenters. The number of carbonyl (C=O) groups is 3. The molecule has 16 nitrogen and oxygen atoms in total. The Morgan fingerprint density at radius 1 is 0.870 bits per heavy atom. The zero-order valence-corrected chi connectivity index (χ0v) is 30.2. The highest BCUT2D eigenvalue weighted by Crippen LogP contribution is 2.43. The number of nitrogen functional groups attached to an aromatic ring is 1. The van der Waals surface area contributed by atoms with Crippen LogP contribution < -0.4 is 5.73 Å². The first-order valence-corrected chi connectivity index (χ1v) is 17.5. The summed E-state index contributed by atoms with van der Waals surface area (Å²) in [4.78, 5) is 36.9. The zero-order chi connectivity index (χ0) is 38.7. The Bertz CT molecular complexity index is 1980. The molecule has 2 aromatic heterocycles. The Morgan fingerprint density at radius 2 is 1.52 bits per heavy atom. The van der Waals surface area contributed by atoms with Gasteiger partial charge in [0.05, 0.1) is 30.9 Å². The van der Waals surface area contributed by atoms with E-state index in [2.05, 4.69) is 20.6 Å². The molecule has 2 aliphatic heterocycles. The van der Waals surface area contributed by atoms with Gasteiger partial charge in [-0.1, -0.05) is 22.6 Å². The van der Waals surface area contributed by atoms with Gasteiger partial charge in [0, 0.05) is 44.7 Å². The van der Waals surface area contributed by atoms with Crippen LogP contribution in [-0.4, -0.2) is 110 Å². The monoisotopic (exact) mass is 775 g/mol. The van der Waals surface area contributed by atoms with Crippen LogP contribution in [0.5, 0.6) is 0 Å². The molecule has 4 heterocycles. The summed E-state index contributed by atoms with van der Waals surface area (Å²) in [6, 6.07) is 6.95. The molecular weight excluding hydrogens is 739 g/mol. The van der Waals surface area contributed by atoms with Gasteiger partial charge < -0.3 is 34.2 Å². The zero-order valence-electron chi connectivity index (χ0n) is 29.3. The summed E-state index contributed by atoms with van der Waals surface area (Å²) in [7, 11) is 1.38. The molecule has 2 saturated heterocycles. The number of esters is 3. The fourth-order valence-corrected chi connectivity index (χ4v) is 7.90. The fraction of sp³-hybridized carbons (Fsp3) is 0.441. The second-order valence-electron chi connectivity index (χ2n) is 12.5. The van der Waals surface area contributed by atoms with E-state index in [4.69, 9.17) is 34.2 Å². The van der Waals surface area contributed by atoms with Crippen LogP contribution in [0.25, 0.3) is 22.5 Å². The molecule has 0 amide bonds. The summed E-state index contributed by atoms with van der Waals surface area (Å²) in [5.41, 5.74) is 6.63. The number of nitrogens with zero attached hydrogens (tertiary/aromatic N) is 6. The van der Waals surface area contributed by atoms with Crippen LogP contribution in [0, 0.1) is 17.5 Å². The number of nitrogens with two attached hydrogens (primary N) is 1. The number of methoxy groups -OCH3 is 1. The lowest BCUT2D eigenvalue weighted by atomic mass is 9.96. The third-order valence-electron chi connectivity index (χ3n) is 8.70. The number of hydrogen-bond acceptors (Lipinski definition) is 15. The van der Waals surface area contributed by atoms with Gasteiger partial charge in [-0.3, -0.25) is 14.4 Å². The van der Waals surface area contributed by atoms with Crippen LogP contribution in [0.15, 0.2) is 48.8 Å². The highest BCUT2D eigenvalue weighted by Gasteiger charge is 2.52. The predicted octanol–water partition coefficient (Wildman–Crippen LogP) is 3.28. The number of rotatable bonds is 11. The minimum absolute atomic E-state index is 0.0414. The second kappa shape index (κ2) is 16.5. The fourth-order valence-electron chi connectivity index (χ4n) is 6.36. The first-order chi connectivity index (χ1) is 25.8. The molecule has 2 aromatic carbocycles. The minimum Gasteiger partial charge on any atom is -0.463 e. The number of halogens is 3. The first-order valence-electron chi connectivity index (χ1n) is 16.6. The molecular formula is C34H36F3N7O9S. The molecule has 0 unspecified atom stereocenters. The van der Waals surface area contributed by atoms with Crippen molar-refractivity contribution in [2.75, 3.05) is 32.7 Å². The van der Waals surface area contributed by atoms with Gasteiger partial charge in [0.15, 0.2) is 23.6 Å². The predicted molar refractivity (Wildman–Crippen MR) is 183 cm³/mol. The van der Waals surface area contributed by atoms with Crippen molar-refractivity contribution in [2.24, 2.45) is 0 Å². The second-order valence-corrected chi connectivity index (χ2v) is 13.9. The quantitative estimate of drug-likeness (QED) is 0.101. The Hall–Kier alpha value is -5.05. The Labute approximate surface area is 310 Å². The van der Waals surface area contributed by atoms with Gasteiger partial charge >= 0.3 is 17.9 Å². The van der Waals surface area contributed by atoms with E-state index in [1.54, 1.807) is 29.1 Å². The molecule has 2 N–H and O–H groups in total. The molecule has 0 radical (unpaired) electrons. The van der Waals surface area contributed by atoms with Crippen molar-refractivity contribution in [3.05, 3.63) is 66.2 Å². The molecule has 6 rings (SSSR count).